The second-order valence-electron chi connectivity index (χ2n) is 9.28. The van der Waals surface area contributed by atoms with Gasteiger partial charge in [0.25, 0.3) is 11.8 Å². The van der Waals surface area contributed by atoms with Crippen molar-refractivity contribution in [1.29, 1.82) is 0 Å². The number of carbonyl (C=O) groups excluding carboxylic acids is 3. The number of benzene rings is 4. The Hall–Kier alpha value is -4.86. The number of hydrogen-bond acceptors (Lipinski definition) is 6. The van der Waals surface area contributed by atoms with Crippen LogP contribution in [0.3, 0.4) is 0 Å². The molecule has 218 valence electrons. The molecule has 0 aliphatic carbocycles. The number of imide groups is 2. The molecule has 0 radical (unpaired) electrons. The van der Waals surface area contributed by atoms with E-state index in [9.17, 15) is 18.8 Å². The number of anilines is 1. The SMILES string of the molecule is COc1cc(/C=C2\C(=O)NC(=O)N(c3ccc(OCc4ccccc4Cl)cc3)C2=O)cc(Cl)c1OCc1ccc(F)cc1. The number of methoxy groups -OCH3 is 1. The second-order valence-corrected chi connectivity index (χ2v) is 10.1. The van der Waals surface area contributed by atoms with Crippen molar-refractivity contribution in [2.24, 2.45) is 0 Å². The number of nitrogens with one attached hydrogen (secondary N) is 1. The van der Waals surface area contributed by atoms with Gasteiger partial charge in [0.2, 0.25) is 0 Å². The zero-order valence-electron chi connectivity index (χ0n) is 22.6. The molecule has 0 atom stereocenters. The van der Waals surface area contributed by atoms with E-state index in [0.29, 0.717) is 21.9 Å². The minimum absolute atomic E-state index is 0.0958. The summed E-state index contributed by atoms with van der Waals surface area (Å²) in [5, 5.41) is 2.91. The molecule has 0 spiro atoms. The number of nitrogens with zero attached hydrogens (tertiary/aromatic N) is 1. The molecule has 43 heavy (non-hydrogen) atoms. The molecule has 8 nitrogen and oxygen atoms in total. The molecule has 1 fully saturated rings. The summed E-state index contributed by atoms with van der Waals surface area (Å²) in [6.45, 7) is 0.324. The van der Waals surface area contributed by atoms with Crippen molar-refractivity contribution < 1.29 is 33.0 Å². The molecule has 5 rings (SSSR count). The largest absolute Gasteiger partial charge is 0.493 e. The van der Waals surface area contributed by atoms with Crippen molar-refractivity contribution in [3.63, 3.8) is 0 Å². The fraction of sp³-hybridized carbons (Fsp3) is 0.0938. The average molecular weight is 621 g/mol. The summed E-state index contributed by atoms with van der Waals surface area (Å²) in [6.07, 6.45) is 1.30. The quantitative estimate of drug-likeness (QED) is 0.160. The molecule has 11 heteroatoms. The summed E-state index contributed by atoms with van der Waals surface area (Å²) < 4.78 is 30.2. The van der Waals surface area contributed by atoms with E-state index >= 15 is 0 Å². The normalized spacial score (nSPS) is 14.1. The Labute approximate surface area is 256 Å². The van der Waals surface area contributed by atoms with Crippen LogP contribution in [0.2, 0.25) is 10.0 Å². The number of halogens is 3. The van der Waals surface area contributed by atoms with Crippen LogP contribution in [0.1, 0.15) is 16.7 Å². The van der Waals surface area contributed by atoms with Gasteiger partial charge in [0.05, 0.1) is 17.8 Å². The van der Waals surface area contributed by atoms with Gasteiger partial charge in [-0.1, -0.05) is 53.5 Å². The van der Waals surface area contributed by atoms with Crippen LogP contribution in [0.4, 0.5) is 14.9 Å². The van der Waals surface area contributed by atoms with Crippen LogP contribution in [0.5, 0.6) is 17.2 Å². The predicted molar refractivity (Wildman–Crippen MR) is 160 cm³/mol. The van der Waals surface area contributed by atoms with E-state index in [1.54, 1.807) is 30.3 Å². The van der Waals surface area contributed by atoms with E-state index in [1.165, 1.54) is 49.6 Å². The van der Waals surface area contributed by atoms with Crippen LogP contribution >= 0.6 is 23.2 Å². The first-order valence-corrected chi connectivity index (χ1v) is 13.6. The number of amides is 4. The van der Waals surface area contributed by atoms with E-state index in [4.69, 9.17) is 37.4 Å². The first kappa shape index (κ1) is 29.6. The molecule has 4 aromatic carbocycles. The Bertz CT molecular complexity index is 1730. The molecule has 1 saturated heterocycles. The maximum Gasteiger partial charge on any atom is 0.335 e. The molecule has 0 unspecified atom stereocenters. The van der Waals surface area contributed by atoms with E-state index in [-0.39, 0.29) is 46.8 Å². The van der Waals surface area contributed by atoms with E-state index < -0.39 is 17.8 Å². The van der Waals surface area contributed by atoms with E-state index in [2.05, 4.69) is 5.32 Å². The van der Waals surface area contributed by atoms with Crippen molar-refractivity contribution in [3.05, 3.63) is 123 Å². The molecular weight excluding hydrogens is 598 g/mol. The summed E-state index contributed by atoms with van der Waals surface area (Å²) in [7, 11) is 1.41. The summed E-state index contributed by atoms with van der Waals surface area (Å²) in [5.41, 5.74) is 1.80. The summed E-state index contributed by atoms with van der Waals surface area (Å²) in [6, 6.07) is 21.5. The van der Waals surface area contributed by atoms with Gasteiger partial charge in [-0.2, -0.15) is 0 Å². The third-order valence-corrected chi connectivity index (χ3v) is 7.06. The third kappa shape index (κ3) is 6.80. The van der Waals surface area contributed by atoms with E-state index in [0.717, 1.165) is 10.5 Å². The van der Waals surface area contributed by atoms with Gasteiger partial charge in [0, 0.05) is 10.6 Å². The monoisotopic (exact) mass is 620 g/mol. The topological polar surface area (TPSA) is 94.2 Å². The van der Waals surface area contributed by atoms with Gasteiger partial charge in [-0.15, -0.1) is 0 Å². The number of hydrogen-bond donors (Lipinski definition) is 1. The fourth-order valence-electron chi connectivity index (χ4n) is 4.23. The van der Waals surface area contributed by atoms with Gasteiger partial charge in [-0.25, -0.2) is 14.1 Å². The minimum atomic E-state index is -0.892. The van der Waals surface area contributed by atoms with Gasteiger partial charge in [0.1, 0.15) is 30.4 Å². The Morgan fingerprint density at radius 3 is 2.28 bits per heavy atom. The summed E-state index contributed by atoms with van der Waals surface area (Å²) >= 11 is 12.6. The molecule has 4 aromatic rings. The van der Waals surface area contributed by atoms with E-state index in [1.807, 2.05) is 18.2 Å². The fourth-order valence-corrected chi connectivity index (χ4v) is 4.69. The molecule has 1 heterocycles. The smallest absolute Gasteiger partial charge is 0.335 e. The van der Waals surface area contributed by atoms with Gasteiger partial charge < -0.3 is 14.2 Å². The highest BCUT2D eigenvalue weighted by Crippen LogP contribution is 2.38. The molecule has 1 N–H and O–H groups in total. The molecular formula is C32H23Cl2FN2O6. The average Bonchev–Trinajstić information content (AvgIpc) is 2.99. The van der Waals surface area contributed by atoms with Crippen LogP contribution < -0.4 is 24.4 Å². The lowest BCUT2D eigenvalue weighted by Crippen LogP contribution is -2.54. The first-order valence-electron chi connectivity index (χ1n) is 12.9. The molecule has 0 saturated carbocycles. The van der Waals surface area contributed by atoms with Gasteiger partial charge >= 0.3 is 6.03 Å². The number of barbiturate groups is 1. The van der Waals surface area contributed by atoms with Crippen LogP contribution in [0, 0.1) is 5.82 Å². The lowest BCUT2D eigenvalue weighted by atomic mass is 10.1. The van der Waals surface area contributed by atoms with Gasteiger partial charge in [-0.05, 0) is 71.8 Å². The lowest BCUT2D eigenvalue weighted by Gasteiger charge is -2.26. The van der Waals surface area contributed by atoms with Crippen LogP contribution in [-0.2, 0) is 22.8 Å². The van der Waals surface area contributed by atoms with Crippen molar-refractivity contribution >= 4 is 52.8 Å². The van der Waals surface area contributed by atoms with Gasteiger partial charge in [-0.3, -0.25) is 14.9 Å². The predicted octanol–water partition coefficient (Wildman–Crippen LogP) is 6.97. The maximum absolute atomic E-state index is 13.4. The van der Waals surface area contributed by atoms with Gasteiger partial charge in [0.15, 0.2) is 11.5 Å². The highest BCUT2D eigenvalue weighted by molar-refractivity contribution is 6.39. The summed E-state index contributed by atoms with van der Waals surface area (Å²) in [4.78, 5) is 39.6. The van der Waals surface area contributed by atoms with Crippen LogP contribution in [-0.4, -0.2) is 25.0 Å². The molecule has 0 aromatic heterocycles. The molecule has 0 bridgehead atoms. The zero-order valence-corrected chi connectivity index (χ0v) is 24.1. The Morgan fingerprint density at radius 2 is 1.58 bits per heavy atom. The van der Waals surface area contributed by atoms with Crippen molar-refractivity contribution in [2.45, 2.75) is 13.2 Å². The molecule has 4 amide bonds. The minimum Gasteiger partial charge on any atom is -0.493 e. The summed E-state index contributed by atoms with van der Waals surface area (Å²) in [5.74, 6) is -1.10. The number of urea groups is 1. The van der Waals surface area contributed by atoms with Crippen molar-refractivity contribution in [3.8, 4) is 17.2 Å². The molecule has 1 aliphatic heterocycles. The standard InChI is InChI=1S/C32H23Cl2FN2O6/c1-41-28-16-20(15-27(34)29(28)43-17-19-6-8-22(35)9-7-19)14-25-30(38)36-32(40)37(31(25)39)23-10-12-24(13-11-23)42-18-21-4-2-3-5-26(21)33/h2-16H,17-18H2,1H3,(H,36,38,40)/b25-14+. The second kappa shape index (κ2) is 13.0. The molecule has 1 aliphatic rings. The third-order valence-electron chi connectivity index (χ3n) is 6.41. The highest BCUT2D eigenvalue weighted by atomic mass is 35.5. The maximum atomic E-state index is 13.4. The Morgan fingerprint density at radius 1 is 0.860 bits per heavy atom. The zero-order chi connectivity index (χ0) is 30.5. The van der Waals surface area contributed by atoms with Crippen molar-refractivity contribution in [1.82, 2.24) is 5.32 Å². The lowest BCUT2D eigenvalue weighted by molar-refractivity contribution is -0.122. The van der Waals surface area contributed by atoms with Crippen LogP contribution in [0.15, 0.2) is 90.5 Å². The van der Waals surface area contributed by atoms with Crippen molar-refractivity contribution in [2.75, 3.05) is 12.0 Å². The highest BCUT2D eigenvalue weighted by Gasteiger charge is 2.37. The number of carbonyl (C=O) groups is 3. The first-order chi connectivity index (χ1) is 20.7. The number of ether oxygens (including phenoxy) is 3. The van der Waals surface area contributed by atoms with Crippen LogP contribution in [0.25, 0.3) is 6.08 Å². The Balaban J connectivity index is 1.34. The Kier molecular flexibility index (Phi) is 8.94. The number of rotatable bonds is 9.